The summed E-state index contributed by atoms with van der Waals surface area (Å²) in [5.41, 5.74) is 3.11. The van der Waals surface area contributed by atoms with Crippen LogP contribution in [0.5, 0.6) is 5.75 Å². The number of anilines is 2. The highest BCUT2D eigenvalue weighted by Gasteiger charge is 2.15. The van der Waals surface area contributed by atoms with E-state index in [9.17, 15) is 0 Å². The number of nitrogens with one attached hydrogen (secondary N) is 1. The molecule has 0 spiro atoms. The fraction of sp³-hybridized carbons (Fsp3) is 0.100. The van der Waals surface area contributed by atoms with Crippen LogP contribution in [0, 0.1) is 0 Å². The minimum absolute atomic E-state index is 0.232. The van der Waals surface area contributed by atoms with E-state index in [0.29, 0.717) is 12.4 Å². The van der Waals surface area contributed by atoms with Crippen LogP contribution in [0.2, 0.25) is 5.28 Å². The maximum Gasteiger partial charge on any atom is 0.225 e. The second-order valence-corrected chi connectivity index (χ2v) is 6.82. The van der Waals surface area contributed by atoms with E-state index in [1.54, 1.807) is 11.3 Å². The maximum absolute atomic E-state index is 6.13. The molecule has 6 heteroatoms. The van der Waals surface area contributed by atoms with Crippen molar-refractivity contribution >= 4 is 44.7 Å². The van der Waals surface area contributed by atoms with Crippen LogP contribution in [0.4, 0.5) is 11.5 Å². The van der Waals surface area contributed by atoms with Gasteiger partial charge in [-0.1, -0.05) is 30.3 Å². The molecule has 0 aliphatic heterocycles. The van der Waals surface area contributed by atoms with Gasteiger partial charge >= 0.3 is 0 Å². The molecular formula is C20H16ClN3OS. The van der Waals surface area contributed by atoms with E-state index in [1.807, 2.05) is 61.5 Å². The third-order valence-electron chi connectivity index (χ3n) is 3.92. The Hall–Kier alpha value is -2.63. The van der Waals surface area contributed by atoms with Crippen molar-refractivity contribution in [2.75, 3.05) is 11.9 Å². The molecule has 0 amide bonds. The van der Waals surface area contributed by atoms with Crippen LogP contribution in [-0.2, 0) is 0 Å². The molecule has 0 atom stereocenters. The number of hydrogen-bond donors (Lipinski definition) is 1. The first kappa shape index (κ1) is 16.8. The minimum Gasteiger partial charge on any atom is -0.494 e. The normalized spacial score (nSPS) is 10.8. The number of benzene rings is 2. The smallest absolute Gasteiger partial charge is 0.225 e. The molecule has 2 aromatic carbocycles. The van der Waals surface area contributed by atoms with Crippen molar-refractivity contribution in [3.05, 3.63) is 65.3 Å². The van der Waals surface area contributed by atoms with Crippen molar-refractivity contribution in [3.8, 4) is 16.9 Å². The van der Waals surface area contributed by atoms with Crippen LogP contribution in [0.25, 0.3) is 21.3 Å². The lowest BCUT2D eigenvalue weighted by atomic mass is 10.1. The number of thiophene rings is 1. The van der Waals surface area contributed by atoms with Crippen LogP contribution >= 0.6 is 22.9 Å². The molecule has 1 N–H and O–H groups in total. The van der Waals surface area contributed by atoms with Gasteiger partial charge in [0.2, 0.25) is 5.28 Å². The summed E-state index contributed by atoms with van der Waals surface area (Å²) in [4.78, 5) is 9.66. The monoisotopic (exact) mass is 381 g/mol. The lowest BCUT2D eigenvalue weighted by Crippen LogP contribution is -1.96. The predicted octanol–water partition coefficient (Wildman–Crippen LogP) is 6.15. The SMILES string of the molecule is CCOc1ccc(-c2csc3nc(Cl)nc(Nc4ccccc4)c23)cc1. The van der Waals surface area contributed by atoms with Crippen LogP contribution in [0.3, 0.4) is 0 Å². The number of nitrogens with zero attached hydrogens (tertiary/aromatic N) is 2. The summed E-state index contributed by atoms with van der Waals surface area (Å²) in [6.45, 7) is 2.63. The largest absolute Gasteiger partial charge is 0.494 e. The molecule has 2 heterocycles. The van der Waals surface area contributed by atoms with E-state index < -0.39 is 0 Å². The van der Waals surface area contributed by atoms with Gasteiger partial charge in [0.1, 0.15) is 16.4 Å². The molecule has 0 aliphatic carbocycles. The Morgan fingerprint density at radius 2 is 1.81 bits per heavy atom. The van der Waals surface area contributed by atoms with E-state index in [2.05, 4.69) is 20.7 Å². The van der Waals surface area contributed by atoms with E-state index in [4.69, 9.17) is 16.3 Å². The second kappa shape index (κ2) is 7.32. The van der Waals surface area contributed by atoms with Crippen molar-refractivity contribution in [2.24, 2.45) is 0 Å². The summed E-state index contributed by atoms with van der Waals surface area (Å²) >= 11 is 7.68. The summed E-state index contributed by atoms with van der Waals surface area (Å²) < 4.78 is 5.53. The van der Waals surface area contributed by atoms with Crippen molar-refractivity contribution in [2.45, 2.75) is 6.92 Å². The molecule has 26 heavy (non-hydrogen) atoms. The van der Waals surface area contributed by atoms with Crippen molar-refractivity contribution in [1.82, 2.24) is 9.97 Å². The molecule has 0 fully saturated rings. The third kappa shape index (κ3) is 3.36. The fourth-order valence-electron chi connectivity index (χ4n) is 2.77. The molecule has 4 rings (SSSR count). The highest BCUT2D eigenvalue weighted by atomic mass is 35.5. The number of aromatic nitrogens is 2. The lowest BCUT2D eigenvalue weighted by Gasteiger charge is -2.09. The predicted molar refractivity (Wildman–Crippen MR) is 109 cm³/mol. The number of rotatable bonds is 5. The summed E-state index contributed by atoms with van der Waals surface area (Å²) in [7, 11) is 0. The molecule has 0 radical (unpaired) electrons. The highest BCUT2D eigenvalue weighted by molar-refractivity contribution is 7.17. The number of hydrogen-bond acceptors (Lipinski definition) is 5. The molecule has 130 valence electrons. The molecule has 0 aliphatic rings. The average molecular weight is 382 g/mol. The average Bonchev–Trinajstić information content (AvgIpc) is 3.07. The zero-order chi connectivity index (χ0) is 17.9. The van der Waals surface area contributed by atoms with Crippen molar-refractivity contribution in [3.63, 3.8) is 0 Å². The molecular weight excluding hydrogens is 366 g/mol. The molecule has 2 aromatic heterocycles. The first-order chi connectivity index (χ1) is 12.7. The van der Waals surface area contributed by atoms with Crippen LogP contribution < -0.4 is 10.1 Å². The Morgan fingerprint density at radius 3 is 2.54 bits per heavy atom. The molecule has 0 bridgehead atoms. The molecule has 0 saturated carbocycles. The van der Waals surface area contributed by atoms with Gasteiger partial charge < -0.3 is 10.1 Å². The number of ether oxygens (including phenoxy) is 1. The van der Waals surface area contributed by atoms with Gasteiger partial charge in [0.05, 0.1) is 12.0 Å². The van der Waals surface area contributed by atoms with Crippen LogP contribution in [0.1, 0.15) is 6.92 Å². The summed E-state index contributed by atoms with van der Waals surface area (Å²) in [5.74, 6) is 1.56. The maximum atomic E-state index is 6.13. The number of fused-ring (bicyclic) bond motifs is 1. The topological polar surface area (TPSA) is 47.0 Å². The van der Waals surface area contributed by atoms with Gasteiger partial charge in [-0.15, -0.1) is 11.3 Å². The standard InChI is InChI=1S/C20H16ClN3OS/c1-2-25-15-10-8-13(9-11-15)16-12-26-19-17(16)18(23-20(21)24-19)22-14-6-4-3-5-7-14/h3-12H,2H2,1H3,(H,22,23,24). The van der Waals surface area contributed by atoms with E-state index in [0.717, 1.165) is 32.8 Å². The van der Waals surface area contributed by atoms with Gasteiger partial charge in [0.25, 0.3) is 0 Å². The Morgan fingerprint density at radius 1 is 1.04 bits per heavy atom. The van der Waals surface area contributed by atoms with E-state index >= 15 is 0 Å². The Balaban J connectivity index is 1.81. The van der Waals surface area contributed by atoms with Crippen molar-refractivity contribution in [1.29, 1.82) is 0 Å². The first-order valence-corrected chi connectivity index (χ1v) is 9.50. The van der Waals surface area contributed by atoms with Gasteiger partial charge in [0.15, 0.2) is 0 Å². The van der Waals surface area contributed by atoms with Gasteiger partial charge in [-0.05, 0) is 48.4 Å². The minimum atomic E-state index is 0.232. The van der Waals surface area contributed by atoms with Gasteiger partial charge in [0, 0.05) is 16.6 Å². The zero-order valence-electron chi connectivity index (χ0n) is 14.1. The summed E-state index contributed by atoms with van der Waals surface area (Å²) in [6, 6.07) is 18.0. The van der Waals surface area contributed by atoms with Crippen molar-refractivity contribution < 1.29 is 4.74 Å². The molecule has 4 nitrogen and oxygen atoms in total. The van der Waals surface area contributed by atoms with Gasteiger partial charge in [-0.2, -0.15) is 4.98 Å². The van der Waals surface area contributed by atoms with E-state index in [1.165, 1.54) is 0 Å². The second-order valence-electron chi connectivity index (χ2n) is 5.62. The molecule has 4 aromatic rings. The van der Waals surface area contributed by atoms with Gasteiger partial charge in [-0.3, -0.25) is 0 Å². The zero-order valence-corrected chi connectivity index (χ0v) is 15.6. The Labute approximate surface area is 160 Å². The number of halogens is 1. The summed E-state index contributed by atoms with van der Waals surface area (Å²) in [5, 5.41) is 6.64. The van der Waals surface area contributed by atoms with Crippen LogP contribution in [0.15, 0.2) is 60.0 Å². The fourth-order valence-corrected chi connectivity index (χ4v) is 3.94. The van der Waals surface area contributed by atoms with Crippen LogP contribution in [-0.4, -0.2) is 16.6 Å². The highest BCUT2D eigenvalue weighted by Crippen LogP contribution is 2.38. The van der Waals surface area contributed by atoms with Gasteiger partial charge in [-0.25, -0.2) is 4.98 Å². The first-order valence-electron chi connectivity index (χ1n) is 8.24. The number of para-hydroxylation sites is 1. The lowest BCUT2D eigenvalue weighted by molar-refractivity contribution is 0.340. The Bertz CT molecular complexity index is 1030. The molecule has 0 saturated heterocycles. The third-order valence-corrected chi connectivity index (χ3v) is 4.96. The quantitative estimate of drug-likeness (QED) is 0.421. The summed E-state index contributed by atoms with van der Waals surface area (Å²) in [6.07, 6.45) is 0. The molecule has 0 unspecified atom stereocenters. The van der Waals surface area contributed by atoms with E-state index in [-0.39, 0.29) is 5.28 Å². The Kier molecular flexibility index (Phi) is 4.73.